The number of hydrogen-bond acceptors (Lipinski definition) is 5. The van der Waals surface area contributed by atoms with Gasteiger partial charge in [-0.1, -0.05) is 11.6 Å². The van der Waals surface area contributed by atoms with Crippen molar-refractivity contribution in [3.05, 3.63) is 23.2 Å². The molecule has 2 rings (SSSR count). The maximum atomic E-state index is 12.1. The van der Waals surface area contributed by atoms with Gasteiger partial charge in [0.2, 0.25) is 5.91 Å². The second-order valence-corrected chi connectivity index (χ2v) is 7.85. The van der Waals surface area contributed by atoms with Gasteiger partial charge in [-0.2, -0.15) is 0 Å². The molecule has 0 aromatic heterocycles. The Hall–Kier alpha value is -1.64. The number of carbonyl (C=O) groups is 2. The van der Waals surface area contributed by atoms with Gasteiger partial charge in [0.05, 0.1) is 22.2 Å². The van der Waals surface area contributed by atoms with Crippen LogP contribution < -0.4 is 5.32 Å². The standard InChI is InChI=1S/C14H17ClN2O5S/c1-23(21,22)9-4-5-10(15)11(7-9)16-13(18)8-17-6-2-3-12(17)14(19)20/h4-5,7,12H,2-3,6,8H2,1H3,(H,16,18)(H,19,20). The van der Waals surface area contributed by atoms with Gasteiger partial charge in [-0.25, -0.2) is 8.42 Å². The number of sulfone groups is 1. The van der Waals surface area contributed by atoms with Gasteiger partial charge < -0.3 is 10.4 Å². The highest BCUT2D eigenvalue weighted by atomic mass is 35.5. The molecule has 1 heterocycles. The Labute approximate surface area is 139 Å². The number of carboxylic acid groups (broad SMARTS) is 1. The lowest BCUT2D eigenvalue weighted by molar-refractivity contribution is -0.142. The number of halogens is 1. The molecule has 9 heteroatoms. The molecule has 0 spiro atoms. The number of hydrogen-bond donors (Lipinski definition) is 2. The van der Waals surface area contributed by atoms with Crippen molar-refractivity contribution in [1.29, 1.82) is 0 Å². The van der Waals surface area contributed by atoms with Crippen LogP contribution in [0.25, 0.3) is 0 Å². The van der Waals surface area contributed by atoms with Crippen molar-refractivity contribution in [1.82, 2.24) is 4.90 Å². The summed E-state index contributed by atoms with van der Waals surface area (Å²) >= 11 is 5.97. The lowest BCUT2D eigenvalue weighted by Crippen LogP contribution is -2.40. The Morgan fingerprint density at radius 3 is 2.74 bits per heavy atom. The molecule has 0 saturated carbocycles. The van der Waals surface area contributed by atoms with Crippen LogP contribution in [0.15, 0.2) is 23.1 Å². The number of nitrogens with zero attached hydrogens (tertiary/aromatic N) is 1. The first-order valence-corrected chi connectivity index (χ1v) is 9.22. The van der Waals surface area contributed by atoms with Gasteiger partial charge in [-0.05, 0) is 37.6 Å². The number of benzene rings is 1. The van der Waals surface area contributed by atoms with Crippen molar-refractivity contribution >= 4 is 39.0 Å². The average molecular weight is 361 g/mol. The minimum atomic E-state index is -3.42. The third-order valence-corrected chi connectivity index (χ3v) is 5.08. The molecule has 23 heavy (non-hydrogen) atoms. The fourth-order valence-electron chi connectivity index (χ4n) is 2.50. The van der Waals surface area contributed by atoms with Crippen LogP contribution in [0.4, 0.5) is 5.69 Å². The van der Waals surface area contributed by atoms with Crippen molar-refractivity contribution in [2.75, 3.05) is 24.7 Å². The number of carbonyl (C=O) groups excluding carboxylic acids is 1. The summed E-state index contributed by atoms with van der Waals surface area (Å²) in [5.74, 6) is -1.39. The summed E-state index contributed by atoms with van der Waals surface area (Å²) in [5.41, 5.74) is 0.186. The molecule has 126 valence electrons. The molecule has 1 unspecified atom stereocenters. The van der Waals surface area contributed by atoms with Crippen molar-refractivity contribution in [3.8, 4) is 0 Å². The predicted octanol–water partition coefficient (Wildman–Crippen LogP) is 1.23. The number of nitrogens with one attached hydrogen (secondary N) is 1. The third-order valence-electron chi connectivity index (χ3n) is 3.64. The first kappa shape index (κ1) is 17.7. The Morgan fingerprint density at radius 2 is 2.13 bits per heavy atom. The smallest absolute Gasteiger partial charge is 0.320 e. The molecule has 1 aliphatic heterocycles. The SMILES string of the molecule is CS(=O)(=O)c1ccc(Cl)c(NC(=O)CN2CCCC2C(=O)O)c1. The summed E-state index contributed by atoms with van der Waals surface area (Å²) in [4.78, 5) is 24.8. The van der Waals surface area contributed by atoms with E-state index in [-0.39, 0.29) is 22.2 Å². The number of aliphatic carboxylic acids is 1. The molecule has 1 aromatic rings. The van der Waals surface area contributed by atoms with Crippen LogP contribution in [-0.4, -0.2) is 55.7 Å². The number of carboxylic acids is 1. The Balaban J connectivity index is 2.10. The van der Waals surface area contributed by atoms with Gasteiger partial charge >= 0.3 is 5.97 Å². The van der Waals surface area contributed by atoms with Crippen LogP contribution in [0.3, 0.4) is 0 Å². The monoisotopic (exact) mass is 360 g/mol. The normalized spacial score (nSPS) is 18.8. The lowest BCUT2D eigenvalue weighted by atomic mass is 10.2. The maximum Gasteiger partial charge on any atom is 0.320 e. The van der Waals surface area contributed by atoms with Crippen LogP contribution in [0, 0.1) is 0 Å². The van der Waals surface area contributed by atoms with E-state index in [1.165, 1.54) is 18.2 Å². The number of amides is 1. The lowest BCUT2D eigenvalue weighted by Gasteiger charge is -2.20. The summed E-state index contributed by atoms with van der Waals surface area (Å²) in [6.45, 7) is 0.442. The van der Waals surface area contributed by atoms with Gasteiger partial charge in [-0.15, -0.1) is 0 Å². The van der Waals surface area contributed by atoms with Crippen molar-refractivity contribution in [2.24, 2.45) is 0 Å². The molecule has 0 bridgehead atoms. The van der Waals surface area contributed by atoms with Crippen LogP contribution in [0.2, 0.25) is 5.02 Å². The summed E-state index contributed by atoms with van der Waals surface area (Å²) < 4.78 is 23.1. The van der Waals surface area contributed by atoms with E-state index in [9.17, 15) is 18.0 Å². The second kappa shape index (κ2) is 6.86. The number of likely N-dealkylation sites (tertiary alicyclic amines) is 1. The molecule has 1 aliphatic rings. The summed E-state index contributed by atoms with van der Waals surface area (Å²) in [7, 11) is -3.42. The molecule has 1 amide bonds. The fourth-order valence-corrected chi connectivity index (χ4v) is 3.31. The molecule has 1 aromatic carbocycles. The summed E-state index contributed by atoms with van der Waals surface area (Å²) in [6, 6.07) is 3.37. The van der Waals surface area contributed by atoms with Gasteiger partial charge in [0, 0.05) is 6.26 Å². The second-order valence-electron chi connectivity index (χ2n) is 5.43. The first-order chi connectivity index (χ1) is 10.7. The summed E-state index contributed by atoms with van der Waals surface area (Å²) in [6.07, 6.45) is 2.28. The fraction of sp³-hybridized carbons (Fsp3) is 0.429. The zero-order valence-corrected chi connectivity index (χ0v) is 14.0. The maximum absolute atomic E-state index is 12.1. The van der Waals surface area contributed by atoms with E-state index in [0.29, 0.717) is 19.4 Å². The summed E-state index contributed by atoms with van der Waals surface area (Å²) in [5, 5.41) is 11.8. The largest absolute Gasteiger partial charge is 0.480 e. The quantitative estimate of drug-likeness (QED) is 0.818. The van der Waals surface area contributed by atoms with Crippen molar-refractivity contribution in [3.63, 3.8) is 0 Å². The molecule has 1 fully saturated rings. The van der Waals surface area contributed by atoms with E-state index in [4.69, 9.17) is 16.7 Å². The van der Waals surface area contributed by atoms with Gasteiger partial charge in [-0.3, -0.25) is 14.5 Å². The zero-order valence-electron chi connectivity index (χ0n) is 12.5. The average Bonchev–Trinajstić information content (AvgIpc) is 2.88. The molecular formula is C14H17ClN2O5S. The third kappa shape index (κ3) is 4.43. The zero-order chi connectivity index (χ0) is 17.2. The molecule has 2 N–H and O–H groups in total. The highest BCUT2D eigenvalue weighted by Crippen LogP contribution is 2.25. The number of anilines is 1. The van der Waals surface area contributed by atoms with E-state index in [2.05, 4.69) is 5.32 Å². The molecule has 1 saturated heterocycles. The van der Waals surface area contributed by atoms with E-state index in [0.717, 1.165) is 6.26 Å². The van der Waals surface area contributed by atoms with Crippen LogP contribution in [0.1, 0.15) is 12.8 Å². The molecular weight excluding hydrogens is 344 g/mol. The van der Waals surface area contributed by atoms with Gasteiger partial charge in [0.25, 0.3) is 0 Å². The topological polar surface area (TPSA) is 104 Å². The van der Waals surface area contributed by atoms with Crippen LogP contribution in [0.5, 0.6) is 0 Å². The highest BCUT2D eigenvalue weighted by Gasteiger charge is 2.31. The van der Waals surface area contributed by atoms with E-state index >= 15 is 0 Å². The molecule has 0 aliphatic carbocycles. The predicted molar refractivity (Wildman–Crippen MR) is 85.4 cm³/mol. The Bertz CT molecular complexity index is 735. The van der Waals surface area contributed by atoms with Crippen LogP contribution in [-0.2, 0) is 19.4 Å². The van der Waals surface area contributed by atoms with Crippen molar-refractivity contribution < 1.29 is 23.1 Å². The first-order valence-electron chi connectivity index (χ1n) is 6.95. The molecule has 0 radical (unpaired) electrons. The van der Waals surface area contributed by atoms with E-state index in [1.54, 1.807) is 4.90 Å². The molecule has 1 atom stereocenters. The van der Waals surface area contributed by atoms with E-state index < -0.39 is 27.8 Å². The van der Waals surface area contributed by atoms with E-state index in [1.807, 2.05) is 0 Å². The van der Waals surface area contributed by atoms with Gasteiger partial charge in [0.15, 0.2) is 9.84 Å². The minimum Gasteiger partial charge on any atom is -0.480 e. The minimum absolute atomic E-state index is 0.0433. The Kier molecular flexibility index (Phi) is 5.28. The molecule has 7 nitrogen and oxygen atoms in total. The van der Waals surface area contributed by atoms with Crippen molar-refractivity contribution in [2.45, 2.75) is 23.8 Å². The highest BCUT2D eigenvalue weighted by molar-refractivity contribution is 7.90. The Morgan fingerprint density at radius 1 is 1.43 bits per heavy atom. The number of rotatable bonds is 5. The van der Waals surface area contributed by atoms with Crippen LogP contribution >= 0.6 is 11.6 Å². The van der Waals surface area contributed by atoms with Gasteiger partial charge in [0.1, 0.15) is 6.04 Å².